The zero-order valence-corrected chi connectivity index (χ0v) is 18.6. The zero-order valence-electron chi connectivity index (χ0n) is 18.6. The van der Waals surface area contributed by atoms with Crippen LogP contribution in [0.2, 0.25) is 0 Å². The highest BCUT2D eigenvalue weighted by Crippen LogP contribution is 2.12. The summed E-state index contributed by atoms with van der Waals surface area (Å²) in [6.45, 7) is 0.318. The molecule has 9 heteroatoms. The SMILES string of the molecule is COc1ccc(CNC(=O)c2cnc3c(c2)c(=O)n(Cc2ccc(C#N)cc2)c(=O)n3C)cc1. The van der Waals surface area contributed by atoms with Gasteiger partial charge in [-0.25, -0.2) is 9.78 Å². The highest BCUT2D eigenvalue weighted by Gasteiger charge is 2.15. The molecule has 0 radical (unpaired) electrons. The van der Waals surface area contributed by atoms with Crippen molar-refractivity contribution in [3.63, 3.8) is 0 Å². The average Bonchev–Trinajstić information content (AvgIpc) is 2.88. The molecule has 4 rings (SSSR count). The summed E-state index contributed by atoms with van der Waals surface area (Å²) in [5.41, 5.74) is 1.40. The first-order valence-corrected chi connectivity index (χ1v) is 10.4. The molecular weight excluding hydrogens is 434 g/mol. The van der Waals surface area contributed by atoms with E-state index in [4.69, 9.17) is 10.00 Å². The summed E-state index contributed by atoms with van der Waals surface area (Å²) in [5, 5.41) is 11.9. The van der Waals surface area contributed by atoms with Gasteiger partial charge in [-0.3, -0.25) is 18.7 Å². The van der Waals surface area contributed by atoms with Gasteiger partial charge in [0.05, 0.1) is 36.2 Å². The van der Waals surface area contributed by atoms with Gasteiger partial charge in [-0.05, 0) is 41.5 Å². The van der Waals surface area contributed by atoms with Gasteiger partial charge in [0.2, 0.25) is 0 Å². The van der Waals surface area contributed by atoms with Crippen LogP contribution in [0.4, 0.5) is 0 Å². The summed E-state index contributed by atoms with van der Waals surface area (Å²) >= 11 is 0. The summed E-state index contributed by atoms with van der Waals surface area (Å²) in [6, 6.07) is 17.4. The smallest absolute Gasteiger partial charge is 0.332 e. The van der Waals surface area contributed by atoms with Gasteiger partial charge in [0.15, 0.2) is 0 Å². The molecule has 0 fully saturated rings. The van der Waals surface area contributed by atoms with Gasteiger partial charge in [-0.2, -0.15) is 5.26 Å². The number of nitrogens with zero attached hydrogens (tertiary/aromatic N) is 4. The van der Waals surface area contributed by atoms with Crippen LogP contribution >= 0.6 is 0 Å². The number of carbonyl (C=O) groups is 1. The molecule has 2 aromatic heterocycles. The third-order valence-corrected chi connectivity index (χ3v) is 5.48. The van der Waals surface area contributed by atoms with E-state index in [-0.39, 0.29) is 29.7 Å². The molecule has 2 aromatic carbocycles. The van der Waals surface area contributed by atoms with Crippen molar-refractivity contribution in [2.24, 2.45) is 7.05 Å². The number of pyridine rings is 1. The second-order valence-corrected chi connectivity index (χ2v) is 7.67. The van der Waals surface area contributed by atoms with E-state index in [2.05, 4.69) is 10.3 Å². The highest BCUT2D eigenvalue weighted by molar-refractivity contribution is 5.96. The Morgan fingerprint density at radius 1 is 1.09 bits per heavy atom. The van der Waals surface area contributed by atoms with E-state index < -0.39 is 17.2 Å². The Kier molecular flexibility index (Phi) is 6.23. The lowest BCUT2D eigenvalue weighted by Gasteiger charge is -2.11. The largest absolute Gasteiger partial charge is 0.497 e. The molecule has 0 aliphatic carbocycles. The molecule has 170 valence electrons. The average molecular weight is 455 g/mol. The number of carbonyl (C=O) groups excluding carboxylic acids is 1. The maximum atomic E-state index is 13.2. The lowest BCUT2D eigenvalue weighted by molar-refractivity contribution is 0.0950. The lowest BCUT2D eigenvalue weighted by Crippen LogP contribution is -2.39. The second-order valence-electron chi connectivity index (χ2n) is 7.67. The van der Waals surface area contributed by atoms with Crippen molar-refractivity contribution in [2.75, 3.05) is 7.11 Å². The van der Waals surface area contributed by atoms with E-state index in [1.54, 1.807) is 43.5 Å². The summed E-state index contributed by atoms with van der Waals surface area (Å²) in [4.78, 5) is 42.9. The molecule has 0 saturated carbocycles. The van der Waals surface area contributed by atoms with E-state index in [0.29, 0.717) is 11.1 Å². The Hall–Kier alpha value is -4.71. The summed E-state index contributed by atoms with van der Waals surface area (Å²) in [5.74, 6) is 0.328. The van der Waals surface area contributed by atoms with Gasteiger partial charge in [-0.1, -0.05) is 24.3 Å². The summed E-state index contributed by atoms with van der Waals surface area (Å²) < 4.78 is 7.49. The minimum atomic E-state index is -0.542. The quantitative estimate of drug-likeness (QED) is 0.475. The Bertz CT molecular complexity index is 1530. The molecule has 0 atom stereocenters. The molecular formula is C25H21N5O4. The van der Waals surface area contributed by atoms with Crippen LogP contribution in [-0.4, -0.2) is 27.1 Å². The molecule has 0 aliphatic heterocycles. The molecule has 34 heavy (non-hydrogen) atoms. The van der Waals surface area contributed by atoms with E-state index >= 15 is 0 Å². The van der Waals surface area contributed by atoms with Crippen LogP contribution in [0.1, 0.15) is 27.0 Å². The number of amides is 1. The monoisotopic (exact) mass is 455 g/mol. The number of aromatic nitrogens is 3. The van der Waals surface area contributed by atoms with Gasteiger partial charge < -0.3 is 10.1 Å². The Labute approximate surface area is 194 Å². The van der Waals surface area contributed by atoms with Gasteiger partial charge in [0.25, 0.3) is 11.5 Å². The number of nitrogens with one attached hydrogen (secondary N) is 1. The van der Waals surface area contributed by atoms with E-state index in [1.165, 1.54) is 23.9 Å². The van der Waals surface area contributed by atoms with E-state index in [1.807, 2.05) is 18.2 Å². The predicted octanol–water partition coefficient (Wildman–Crippen LogP) is 1.95. The van der Waals surface area contributed by atoms with Crippen molar-refractivity contribution in [2.45, 2.75) is 13.1 Å². The fourth-order valence-corrected chi connectivity index (χ4v) is 3.54. The predicted molar refractivity (Wildman–Crippen MR) is 126 cm³/mol. The number of rotatable bonds is 6. The van der Waals surface area contributed by atoms with Gasteiger partial charge in [0.1, 0.15) is 11.4 Å². The first kappa shape index (κ1) is 22.5. The molecule has 0 spiro atoms. The number of fused-ring (bicyclic) bond motifs is 1. The van der Waals surface area contributed by atoms with Crippen molar-refractivity contribution < 1.29 is 9.53 Å². The third-order valence-electron chi connectivity index (χ3n) is 5.48. The van der Waals surface area contributed by atoms with Crippen LogP contribution in [0.25, 0.3) is 11.0 Å². The van der Waals surface area contributed by atoms with E-state index in [9.17, 15) is 14.4 Å². The van der Waals surface area contributed by atoms with Crippen molar-refractivity contribution in [3.8, 4) is 11.8 Å². The number of aryl methyl sites for hydroxylation is 1. The number of ether oxygens (including phenoxy) is 1. The Morgan fingerprint density at radius 3 is 2.41 bits per heavy atom. The number of hydrogen-bond donors (Lipinski definition) is 1. The van der Waals surface area contributed by atoms with Crippen LogP contribution in [0.3, 0.4) is 0 Å². The number of hydrogen-bond acceptors (Lipinski definition) is 6. The van der Waals surface area contributed by atoms with Crippen molar-refractivity contribution in [3.05, 3.63) is 104 Å². The Balaban J connectivity index is 1.63. The maximum Gasteiger partial charge on any atom is 0.332 e. The standard InChI is InChI=1S/C25H21N5O4/c1-29-22-21(24(32)30(25(29)33)15-18-5-3-16(12-26)4-6-18)11-19(14-27-22)23(31)28-13-17-7-9-20(34-2)10-8-17/h3-11,14H,13,15H2,1-2H3,(H,28,31). The first-order chi connectivity index (χ1) is 16.4. The minimum Gasteiger partial charge on any atom is -0.497 e. The maximum absolute atomic E-state index is 13.2. The number of nitriles is 1. The van der Waals surface area contributed by atoms with Gasteiger partial charge in [0, 0.05) is 19.8 Å². The second kappa shape index (κ2) is 9.42. The van der Waals surface area contributed by atoms with Gasteiger partial charge >= 0.3 is 5.69 Å². The van der Waals surface area contributed by atoms with Gasteiger partial charge in [-0.15, -0.1) is 0 Å². The molecule has 4 aromatic rings. The molecule has 0 unspecified atom stereocenters. The Morgan fingerprint density at radius 2 is 1.76 bits per heavy atom. The third kappa shape index (κ3) is 4.42. The van der Waals surface area contributed by atoms with Crippen LogP contribution in [0, 0.1) is 11.3 Å². The summed E-state index contributed by atoms with van der Waals surface area (Å²) in [7, 11) is 3.10. The lowest BCUT2D eigenvalue weighted by atomic mass is 10.1. The van der Waals surface area contributed by atoms with Crippen LogP contribution in [0.5, 0.6) is 5.75 Å². The topological polar surface area (TPSA) is 119 Å². The molecule has 9 nitrogen and oxygen atoms in total. The molecule has 2 heterocycles. The highest BCUT2D eigenvalue weighted by atomic mass is 16.5. The molecule has 0 bridgehead atoms. The van der Waals surface area contributed by atoms with Crippen molar-refractivity contribution in [1.82, 2.24) is 19.4 Å². The van der Waals surface area contributed by atoms with Crippen LogP contribution < -0.4 is 21.3 Å². The number of benzene rings is 2. The molecule has 0 saturated heterocycles. The first-order valence-electron chi connectivity index (χ1n) is 10.4. The van der Waals surface area contributed by atoms with Crippen molar-refractivity contribution >= 4 is 16.9 Å². The number of methoxy groups -OCH3 is 1. The normalized spacial score (nSPS) is 10.6. The molecule has 1 amide bonds. The van der Waals surface area contributed by atoms with E-state index in [0.717, 1.165) is 15.9 Å². The summed E-state index contributed by atoms with van der Waals surface area (Å²) in [6.07, 6.45) is 1.34. The van der Waals surface area contributed by atoms with Crippen LogP contribution in [-0.2, 0) is 20.1 Å². The molecule has 0 aliphatic rings. The van der Waals surface area contributed by atoms with Crippen molar-refractivity contribution in [1.29, 1.82) is 5.26 Å². The fourth-order valence-electron chi connectivity index (χ4n) is 3.54. The molecule has 1 N–H and O–H groups in total. The van der Waals surface area contributed by atoms with Crippen LogP contribution in [0.15, 0.2) is 70.4 Å². The zero-order chi connectivity index (χ0) is 24.2. The fraction of sp³-hybridized carbons (Fsp3) is 0.160. The minimum absolute atomic E-state index is 0.0288.